The fraction of sp³-hybridized carbons (Fsp3) is 0.426. The lowest BCUT2D eigenvalue weighted by Crippen LogP contribution is -2.39. The number of esters is 1. The van der Waals surface area contributed by atoms with E-state index in [-0.39, 0.29) is 61.4 Å². The van der Waals surface area contributed by atoms with Crippen molar-refractivity contribution in [2.24, 2.45) is 0 Å². The van der Waals surface area contributed by atoms with Crippen molar-refractivity contribution in [2.75, 3.05) is 72.9 Å². The number of hydrogen-bond donors (Lipinski definition) is 13. The lowest BCUT2D eigenvalue weighted by atomic mass is 10.1. The molecule has 7 amide bonds. The van der Waals surface area contributed by atoms with Crippen LogP contribution in [0.15, 0.2) is 93.6 Å². The molecule has 11 rings (SSSR count). The third-order valence-corrected chi connectivity index (χ3v) is 14.0. The van der Waals surface area contributed by atoms with Crippen molar-refractivity contribution in [3.63, 3.8) is 0 Å². The molecule has 0 spiro atoms. The maximum Gasteiger partial charge on any atom is 0.410 e. The molecular formula is C68H91N29O11. The fourth-order valence-electron chi connectivity index (χ4n) is 9.19. The molecule has 40 heteroatoms. The monoisotopic (exact) mass is 1490 g/mol. The Morgan fingerprint density at radius 1 is 0.398 bits per heavy atom. The molecule has 574 valence electrons. The summed E-state index contributed by atoms with van der Waals surface area (Å²) in [5.41, 5.74) is 4.96. The second-order valence-electron chi connectivity index (χ2n) is 26.2. The maximum atomic E-state index is 12.6. The summed E-state index contributed by atoms with van der Waals surface area (Å²) < 4.78 is 15.8. The summed E-state index contributed by atoms with van der Waals surface area (Å²) in [6.07, 6.45) is 16.7. The number of aromatic amines is 5. The molecule has 0 unspecified atom stereocenters. The minimum atomic E-state index is -0.614. The van der Waals surface area contributed by atoms with Gasteiger partial charge in [-0.15, -0.1) is 0 Å². The fourth-order valence-corrected chi connectivity index (χ4v) is 9.19. The van der Waals surface area contributed by atoms with Crippen LogP contribution < -0.4 is 42.5 Å². The standard InChI is InChI=1S/C21H26N6O3.C15H21N5O3.C13H18N6O3.C10H14N6O.C9H12N6O/c1-21(2,3)30-20(29)27(11-9-15-7-5-4-6-8-15)12-10-16(28)26-19-17-18(23-13-22-17)24-14-25-19;1-15(2,3)23-11(22)7-5-4-6-10(21)20-14-12-13(17-8-16-12)18-9-19-14;1-13(2,3)22-12(21)14-5-4-8(20)19-11-9-10(16-6-15-9)17-7-18-11;1-2-11-4-3-7(17)16-10-8-9(13-5-12-8)14-6-15-10;1-10-3-2-6(16)15-9-7-8(12-4-11-7)13-5-14-9/h4-8,13-14H,9-12H2,1-3H3,(H2,22,23,24,25,26,28);8-9H,4-7H2,1-3H3,(H2,16,17,18,19,20,21);6-7H,4-5H2,1-3H3,(H,14,21)(H2,15,16,17,18,19,20);5-6,11H,2-4H2,1H3,(H2,12,13,14,15,16,17);4-5,10H,2-3H2,1H3,(H2,11,12,13,14,15,16). The summed E-state index contributed by atoms with van der Waals surface area (Å²) in [5, 5.41) is 22.0. The second-order valence-corrected chi connectivity index (χ2v) is 26.2. The van der Waals surface area contributed by atoms with E-state index < -0.39 is 29.0 Å². The lowest BCUT2D eigenvalue weighted by molar-refractivity contribution is -0.155. The molecule has 40 nitrogen and oxygen atoms in total. The summed E-state index contributed by atoms with van der Waals surface area (Å²) in [7, 11) is 1.80. The Hall–Kier alpha value is -12.8. The Morgan fingerprint density at radius 2 is 0.750 bits per heavy atom. The molecule has 0 aliphatic heterocycles. The molecule has 0 saturated carbocycles. The molecule has 0 bridgehead atoms. The molecule has 0 aliphatic carbocycles. The number of unbranched alkanes of at least 4 members (excludes halogenated alkanes) is 1. The van der Waals surface area contributed by atoms with Gasteiger partial charge in [0, 0.05) is 71.2 Å². The number of imidazole rings is 5. The van der Waals surface area contributed by atoms with Crippen molar-refractivity contribution in [1.29, 1.82) is 0 Å². The number of hydrogen-bond acceptors (Lipinski definition) is 28. The summed E-state index contributed by atoms with van der Waals surface area (Å²) in [4.78, 5) is 171. The first kappa shape index (κ1) is 82.5. The number of carbonyl (C=O) groups is 8. The minimum absolute atomic E-state index is 0.0828. The van der Waals surface area contributed by atoms with Crippen molar-refractivity contribution in [1.82, 2.24) is 121 Å². The van der Waals surface area contributed by atoms with E-state index in [4.69, 9.17) is 14.2 Å². The van der Waals surface area contributed by atoms with Gasteiger partial charge in [0.25, 0.3) is 0 Å². The number of nitrogens with zero attached hydrogens (tertiary/aromatic N) is 16. The first-order valence-electron chi connectivity index (χ1n) is 34.4. The number of amides is 7. The highest BCUT2D eigenvalue weighted by atomic mass is 16.6. The summed E-state index contributed by atoms with van der Waals surface area (Å²) in [6.45, 7) is 21.2. The zero-order chi connectivity index (χ0) is 78.1. The van der Waals surface area contributed by atoms with E-state index in [0.717, 1.165) is 12.1 Å². The Morgan fingerprint density at radius 3 is 1.12 bits per heavy atom. The van der Waals surface area contributed by atoms with Gasteiger partial charge in [0.05, 0.1) is 31.6 Å². The van der Waals surface area contributed by atoms with Crippen molar-refractivity contribution in [2.45, 2.75) is 144 Å². The van der Waals surface area contributed by atoms with E-state index >= 15 is 0 Å². The molecule has 0 fully saturated rings. The Bertz CT molecular complexity index is 4710. The van der Waals surface area contributed by atoms with Gasteiger partial charge in [0.1, 0.15) is 76.0 Å². The van der Waals surface area contributed by atoms with E-state index in [0.29, 0.717) is 149 Å². The van der Waals surface area contributed by atoms with Crippen molar-refractivity contribution in [3.05, 3.63) is 99.2 Å². The zero-order valence-electron chi connectivity index (χ0n) is 61.9. The number of benzene rings is 1. The van der Waals surface area contributed by atoms with Crippen LogP contribution in [0, 0.1) is 0 Å². The van der Waals surface area contributed by atoms with Gasteiger partial charge >= 0.3 is 18.2 Å². The van der Waals surface area contributed by atoms with Crippen molar-refractivity contribution in [3.8, 4) is 0 Å². The van der Waals surface area contributed by atoms with Crippen LogP contribution in [-0.2, 0) is 49.4 Å². The van der Waals surface area contributed by atoms with Crippen LogP contribution in [0.5, 0.6) is 0 Å². The number of nitrogens with one attached hydrogen (secondary N) is 13. The van der Waals surface area contributed by atoms with Crippen LogP contribution in [0.25, 0.3) is 55.8 Å². The number of alkyl carbamates (subject to hydrolysis) is 1. The van der Waals surface area contributed by atoms with Crippen LogP contribution in [0.1, 0.15) is 126 Å². The van der Waals surface area contributed by atoms with E-state index in [1.54, 1.807) is 32.7 Å². The maximum absolute atomic E-state index is 12.6. The molecule has 10 aromatic heterocycles. The van der Waals surface area contributed by atoms with Crippen molar-refractivity contribution < 1.29 is 52.6 Å². The van der Waals surface area contributed by atoms with Gasteiger partial charge < -0.3 is 86.6 Å². The normalized spacial score (nSPS) is 11.1. The molecule has 10 heterocycles. The molecule has 13 N–H and O–H groups in total. The summed E-state index contributed by atoms with van der Waals surface area (Å²) in [5.74, 6) is 0.910. The molecular weight excluding hydrogens is 1400 g/mol. The van der Waals surface area contributed by atoms with Gasteiger partial charge in [-0.05, 0) is 101 Å². The molecule has 0 radical (unpaired) electrons. The minimum Gasteiger partial charge on any atom is -0.460 e. The van der Waals surface area contributed by atoms with Crippen LogP contribution >= 0.6 is 0 Å². The molecule has 0 atom stereocenters. The van der Waals surface area contributed by atoms with Crippen LogP contribution in [0.2, 0.25) is 0 Å². The second kappa shape index (κ2) is 41.1. The number of rotatable bonds is 26. The Balaban J connectivity index is 0.000000191. The van der Waals surface area contributed by atoms with E-state index in [1.165, 1.54) is 63.3 Å². The molecule has 108 heavy (non-hydrogen) atoms. The molecule has 11 aromatic rings. The zero-order valence-corrected chi connectivity index (χ0v) is 61.9. The highest BCUT2D eigenvalue weighted by Crippen LogP contribution is 2.21. The van der Waals surface area contributed by atoms with Crippen LogP contribution in [0.3, 0.4) is 0 Å². The van der Waals surface area contributed by atoms with Gasteiger partial charge in [-0.3, -0.25) is 28.8 Å². The first-order chi connectivity index (χ1) is 51.6. The predicted molar refractivity (Wildman–Crippen MR) is 399 cm³/mol. The van der Waals surface area contributed by atoms with Gasteiger partial charge in [-0.2, -0.15) is 0 Å². The number of anilines is 5. The third-order valence-electron chi connectivity index (χ3n) is 14.0. The molecule has 0 aliphatic rings. The number of carbonyl (C=O) groups excluding carboxylic acids is 8. The quantitative estimate of drug-likeness (QED) is 0.0151. The highest BCUT2D eigenvalue weighted by molar-refractivity contribution is 6.00. The van der Waals surface area contributed by atoms with Gasteiger partial charge in [0.15, 0.2) is 57.3 Å². The highest BCUT2D eigenvalue weighted by Gasteiger charge is 2.24. The Labute approximate surface area is 619 Å². The predicted octanol–water partition coefficient (Wildman–Crippen LogP) is 6.75. The SMILES string of the molecule is CC(C)(C)OC(=O)CCCCC(=O)Nc1ncnc2nc[nH]c12.CC(C)(C)OC(=O)N(CCC(=O)Nc1ncnc2nc[nH]c12)CCc1ccccc1.CC(C)(C)OC(=O)NCCC(=O)Nc1ncnc2nc[nH]c12.CCNCCC(=O)Nc1ncnc2nc[nH]c12.CNCCC(=O)Nc1ncnc2nc[nH]c12. The molecule has 1 aromatic carbocycles. The van der Waals surface area contributed by atoms with Crippen LogP contribution in [0.4, 0.5) is 38.7 Å². The van der Waals surface area contributed by atoms with Gasteiger partial charge in [0.2, 0.25) is 29.5 Å². The van der Waals surface area contributed by atoms with E-state index in [9.17, 15) is 38.4 Å². The van der Waals surface area contributed by atoms with Gasteiger partial charge in [-0.25, -0.2) is 84.3 Å². The average Bonchev–Trinajstić information content (AvgIpc) is 1.70. The summed E-state index contributed by atoms with van der Waals surface area (Å²) in [6, 6.07) is 9.87. The van der Waals surface area contributed by atoms with E-state index in [1.807, 2.05) is 78.8 Å². The molecule has 0 saturated heterocycles. The smallest absolute Gasteiger partial charge is 0.410 e. The average molecular weight is 1490 g/mol. The largest absolute Gasteiger partial charge is 0.460 e. The topological polar surface area (TPSA) is 536 Å². The summed E-state index contributed by atoms with van der Waals surface area (Å²) >= 11 is 0. The third kappa shape index (κ3) is 28.7. The number of aromatic nitrogens is 20. The van der Waals surface area contributed by atoms with E-state index in [2.05, 4.69) is 142 Å². The van der Waals surface area contributed by atoms with Crippen LogP contribution in [-0.4, -0.2) is 215 Å². The number of H-pyrrole nitrogens is 5. The Kier molecular flexibility index (Phi) is 31.4. The van der Waals surface area contributed by atoms with Crippen molar-refractivity contribution >= 4 is 133 Å². The van der Waals surface area contributed by atoms with Gasteiger partial charge in [-0.1, -0.05) is 37.3 Å². The number of ether oxygens (including phenoxy) is 3. The first-order valence-corrected chi connectivity index (χ1v) is 34.4. The lowest BCUT2D eigenvalue weighted by Gasteiger charge is -2.27. The number of fused-ring (bicyclic) bond motifs is 5.